The fraction of sp³-hybridized carbons (Fsp3) is 0.571. The number of rotatable bonds is 2. The second-order valence-electron chi connectivity index (χ2n) is 3.04. The highest BCUT2D eigenvalue weighted by Gasteiger charge is 2.61. The van der Waals surface area contributed by atoms with E-state index in [-0.39, 0.29) is 4.90 Å². The molecule has 0 amide bonds. The number of nitrogens with zero attached hydrogens (tertiary/aromatic N) is 1. The Morgan fingerprint density at radius 3 is 2.43 bits per heavy atom. The minimum atomic E-state index is -4.81. The van der Waals surface area contributed by atoms with Crippen LogP contribution in [0.1, 0.15) is 0 Å². The van der Waals surface area contributed by atoms with E-state index >= 15 is 0 Å². The van der Waals surface area contributed by atoms with Crippen molar-refractivity contribution in [3.63, 3.8) is 0 Å². The van der Waals surface area contributed by atoms with Crippen LogP contribution >= 0.6 is 0 Å². The predicted octanol–water partition coefficient (Wildman–Crippen LogP) is -1.36. The van der Waals surface area contributed by atoms with Crippen molar-refractivity contribution in [1.82, 2.24) is 0 Å². The quantitative estimate of drug-likeness (QED) is 0.527. The van der Waals surface area contributed by atoms with Crippen molar-refractivity contribution in [2.24, 2.45) is 10.7 Å². The van der Waals surface area contributed by atoms with Crippen LogP contribution < -0.4 is 10.6 Å². The molecule has 0 radical (unpaired) electrons. The van der Waals surface area contributed by atoms with E-state index in [1.807, 2.05) is 0 Å². The Hall–Kier alpha value is -0.920. The Morgan fingerprint density at radius 1 is 1.57 bits per heavy atom. The van der Waals surface area contributed by atoms with Gasteiger partial charge in [0.2, 0.25) is 5.84 Å². The fourth-order valence-electron chi connectivity index (χ4n) is 1.18. The molecule has 4 nitrogen and oxygen atoms in total. The highest BCUT2D eigenvalue weighted by Crippen LogP contribution is 2.30. The Bertz CT molecular complexity index is 286. The molecule has 80 valence electrons. The zero-order chi connectivity index (χ0) is 11.0. The number of halogens is 3. The zero-order valence-corrected chi connectivity index (χ0v) is 7.47. The first kappa shape index (κ1) is 11.2. The summed E-state index contributed by atoms with van der Waals surface area (Å²) in [4.78, 5) is 3.75. The maximum Gasteiger partial charge on any atom is 0.429 e. The standard InChI is InChI=1S/C7H10F3N3O/c1-13-3-2-12-5(13)6(14,4-11)7(8,9)10/h2-3,14H,4,11H2,1H3/p+1. The minimum absolute atomic E-state index is 0.273. The summed E-state index contributed by atoms with van der Waals surface area (Å²) in [5.41, 5.74) is 1.90. The molecule has 0 aromatic heterocycles. The molecule has 4 N–H and O–H groups in total. The van der Waals surface area contributed by atoms with Gasteiger partial charge < -0.3 is 10.8 Å². The summed E-state index contributed by atoms with van der Waals surface area (Å²) >= 11 is 0. The van der Waals surface area contributed by atoms with Gasteiger partial charge in [0.15, 0.2) is 0 Å². The molecule has 0 fully saturated rings. The van der Waals surface area contributed by atoms with Gasteiger partial charge in [-0.05, 0) is 0 Å². The number of amidine groups is 1. The summed E-state index contributed by atoms with van der Waals surface area (Å²) in [5, 5.41) is 9.39. The van der Waals surface area contributed by atoms with Gasteiger partial charge in [-0.3, -0.25) is 4.90 Å². The highest BCUT2D eigenvalue weighted by molar-refractivity contribution is 5.85. The van der Waals surface area contributed by atoms with Crippen molar-refractivity contribution >= 4 is 5.84 Å². The number of hydrogen-bond acceptors (Lipinski definition) is 3. The van der Waals surface area contributed by atoms with Crippen molar-refractivity contribution in [3.8, 4) is 0 Å². The third-order valence-electron chi connectivity index (χ3n) is 2.06. The molecule has 0 spiro atoms. The van der Waals surface area contributed by atoms with Crippen molar-refractivity contribution in [2.45, 2.75) is 11.8 Å². The molecule has 7 heteroatoms. The molecule has 1 aliphatic rings. The van der Waals surface area contributed by atoms with Crippen LogP contribution in [0.5, 0.6) is 0 Å². The molecule has 0 saturated carbocycles. The average molecular weight is 210 g/mol. The molecule has 1 heterocycles. The Labute approximate surface area is 78.5 Å². The van der Waals surface area contributed by atoms with Crippen LogP contribution in [0.3, 0.4) is 0 Å². The van der Waals surface area contributed by atoms with Gasteiger partial charge in [0.25, 0.3) is 5.60 Å². The average Bonchev–Trinajstić information content (AvgIpc) is 2.48. The monoisotopic (exact) mass is 210 g/mol. The summed E-state index contributed by atoms with van der Waals surface area (Å²) in [6.07, 6.45) is -2.22. The van der Waals surface area contributed by atoms with E-state index in [2.05, 4.69) is 4.99 Å². The third kappa shape index (κ3) is 1.54. The summed E-state index contributed by atoms with van der Waals surface area (Å²) in [7, 11) is 1.44. The second-order valence-corrected chi connectivity index (χ2v) is 3.04. The predicted molar refractivity (Wildman–Crippen MR) is 43.5 cm³/mol. The Morgan fingerprint density at radius 2 is 2.14 bits per heavy atom. The van der Waals surface area contributed by atoms with Gasteiger partial charge in [-0.2, -0.15) is 13.2 Å². The lowest BCUT2D eigenvalue weighted by Crippen LogP contribution is -3.09. The fourth-order valence-corrected chi connectivity index (χ4v) is 1.18. The summed E-state index contributed by atoms with van der Waals surface area (Å²) in [6, 6.07) is 0. The molecule has 2 unspecified atom stereocenters. The first-order valence-corrected chi connectivity index (χ1v) is 3.91. The molecule has 2 atom stereocenters. The molecule has 0 aromatic carbocycles. The molecule has 0 bridgehead atoms. The zero-order valence-electron chi connectivity index (χ0n) is 7.47. The Kier molecular flexibility index (Phi) is 2.66. The first-order valence-electron chi connectivity index (χ1n) is 3.91. The summed E-state index contributed by atoms with van der Waals surface area (Å²) in [6.45, 7) is -0.936. The third-order valence-corrected chi connectivity index (χ3v) is 2.06. The topological polar surface area (TPSA) is 63.0 Å². The molecule has 1 aliphatic heterocycles. The van der Waals surface area contributed by atoms with Crippen LogP contribution in [0.2, 0.25) is 0 Å². The van der Waals surface area contributed by atoms with E-state index in [1.165, 1.54) is 19.4 Å². The molecule has 0 aliphatic carbocycles. The maximum atomic E-state index is 12.5. The van der Waals surface area contributed by atoms with E-state index in [1.54, 1.807) is 0 Å². The number of aliphatic hydroxyl groups is 1. The largest absolute Gasteiger partial charge is 0.429 e. The number of quaternary nitrogens is 1. The van der Waals surface area contributed by atoms with Crippen molar-refractivity contribution in [1.29, 1.82) is 0 Å². The SMILES string of the molecule is C[NH+]1C=CN=C1C(O)(CN)C(F)(F)F. The van der Waals surface area contributed by atoms with Gasteiger partial charge >= 0.3 is 6.18 Å². The van der Waals surface area contributed by atoms with Gasteiger partial charge in [-0.15, -0.1) is 0 Å². The lowest BCUT2D eigenvalue weighted by Gasteiger charge is -2.28. The number of alkyl halides is 3. The van der Waals surface area contributed by atoms with E-state index in [0.717, 1.165) is 0 Å². The lowest BCUT2D eigenvalue weighted by molar-refractivity contribution is -0.725. The van der Waals surface area contributed by atoms with Crippen LogP contribution in [0.25, 0.3) is 0 Å². The smallest absolute Gasteiger partial charge is 0.370 e. The molecule has 14 heavy (non-hydrogen) atoms. The van der Waals surface area contributed by atoms with Crippen LogP contribution in [0.4, 0.5) is 13.2 Å². The van der Waals surface area contributed by atoms with Gasteiger partial charge in [0, 0.05) is 6.54 Å². The van der Waals surface area contributed by atoms with Gasteiger partial charge in [0.1, 0.15) is 6.20 Å². The van der Waals surface area contributed by atoms with Crippen molar-refractivity contribution in [3.05, 3.63) is 12.4 Å². The number of nitrogens with one attached hydrogen (secondary N) is 1. The number of nitrogens with two attached hydrogens (primary N) is 1. The highest BCUT2D eigenvalue weighted by atomic mass is 19.4. The number of likely N-dealkylation sites (N-methyl/N-ethyl adjacent to an activating group) is 1. The van der Waals surface area contributed by atoms with E-state index in [9.17, 15) is 18.3 Å². The van der Waals surface area contributed by atoms with Crippen molar-refractivity contribution in [2.75, 3.05) is 13.6 Å². The van der Waals surface area contributed by atoms with Gasteiger partial charge in [0.05, 0.1) is 13.2 Å². The second kappa shape index (κ2) is 3.34. The summed E-state index contributed by atoms with van der Waals surface area (Å²) in [5.74, 6) is -0.424. The van der Waals surface area contributed by atoms with Gasteiger partial charge in [-0.1, -0.05) is 0 Å². The maximum absolute atomic E-state index is 12.5. The van der Waals surface area contributed by atoms with Crippen molar-refractivity contribution < 1.29 is 23.2 Å². The van der Waals surface area contributed by atoms with Crippen LogP contribution in [0.15, 0.2) is 17.4 Å². The van der Waals surface area contributed by atoms with E-state index < -0.39 is 24.2 Å². The number of aliphatic imine (C=N–C) groups is 1. The van der Waals surface area contributed by atoms with E-state index in [0.29, 0.717) is 0 Å². The molecule has 0 saturated heterocycles. The Balaban J connectivity index is 3.03. The summed E-state index contributed by atoms with van der Waals surface area (Å²) < 4.78 is 37.4. The van der Waals surface area contributed by atoms with Crippen LogP contribution in [-0.2, 0) is 0 Å². The van der Waals surface area contributed by atoms with Crippen LogP contribution in [-0.4, -0.2) is 36.3 Å². The molecule has 0 aromatic rings. The first-order chi connectivity index (χ1) is 6.33. The lowest BCUT2D eigenvalue weighted by atomic mass is 10.0. The normalized spacial score (nSPS) is 26.1. The van der Waals surface area contributed by atoms with Gasteiger partial charge in [-0.25, -0.2) is 4.99 Å². The van der Waals surface area contributed by atoms with Crippen LogP contribution in [0, 0.1) is 0 Å². The molecule has 1 rings (SSSR count). The van der Waals surface area contributed by atoms with E-state index in [4.69, 9.17) is 5.73 Å². The minimum Gasteiger partial charge on any atom is -0.370 e. The molecular formula is C7H11F3N3O+. The molecular weight excluding hydrogens is 199 g/mol. The number of hydrogen-bond donors (Lipinski definition) is 3.